The highest BCUT2D eigenvalue weighted by Gasteiger charge is 1.32. The van der Waals surface area contributed by atoms with Gasteiger partial charge in [-0.15, -0.1) is 35.7 Å². The smallest absolute Gasteiger partial charge is 0 e. The first kappa shape index (κ1) is 3.67. The van der Waals surface area contributed by atoms with E-state index in [9.17, 15) is 0 Å². The van der Waals surface area contributed by atoms with Crippen LogP contribution in [0, 0.1) is 0 Å². The molecule has 0 bridgehead atoms. The third-order valence-corrected chi connectivity index (χ3v) is 0. The Balaban J connectivity index is -0.00000000323. The van der Waals surface area contributed by atoms with Crippen molar-refractivity contribution < 1.29 is 42.8 Å². The molecule has 0 aliphatic carbocycles. The average molecular weight is 329 g/mol. The van der Waals surface area contributed by atoms with Gasteiger partial charge in [0.25, 0.3) is 0 Å². The summed E-state index contributed by atoms with van der Waals surface area (Å²) in [5.74, 6) is 0. The lowest BCUT2D eigenvalue weighted by atomic mass is 29.6. The van der Waals surface area contributed by atoms with E-state index in [0.717, 1.165) is 7.96 Å². The van der Waals surface area contributed by atoms with E-state index in [-0.39, 0.29) is 36.8 Å². The molecule has 0 saturated heterocycles. The molecule has 0 aromatic rings. The minimum Gasteiger partial charge on any atom is -0.153 e. The second kappa shape index (κ2) is 47.2. The van der Waals surface area contributed by atoms with Gasteiger partial charge in [-0.25, -0.2) is 0 Å². The van der Waals surface area contributed by atoms with Gasteiger partial charge in [-0.3, -0.25) is 0 Å². The molecule has 0 rings (SSSR count). The number of hydrogen-bond donors (Lipinski definition) is 0. The minimum absolute atomic E-state index is 0. The van der Waals surface area contributed by atoms with Crippen LogP contribution in [0.2, 0.25) is 0 Å². The van der Waals surface area contributed by atoms with Gasteiger partial charge in [0.2, 0.25) is 0 Å². The van der Waals surface area contributed by atoms with E-state index in [1.54, 1.807) is 0 Å². The molecule has 0 spiro atoms. The summed E-state index contributed by atoms with van der Waals surface area (Å²) in [5.41, 5.74) is 0. The van der Waals surface area contributed by atoms with Crippen molar-refractivity contribution in [2.24, 2.45) is 0 Å². The molecule has 0 aromatic heterocycles. The molecular weight excluding hydrogens is 248 g/mol. The first-order valence-corrected chi connectivity index (χ1v) is 8.20. The first-order chi connectivity index (χ1) is 14.4. The average Bonchev–Trinajstić information content (AvgIpc) is 2.94. The summed E-state index contributed by atoms with van der Waals surface area (Å²) in [6, 6.07) is 0. The quantitative estimate of drug-likeness (QED) is 0.461. The van der Waals surface area contributed by atoms with Crippen molar-refractivity contribution in [1.29, 1.82) is 0 Å². The van der Waals surface area contributed by atoms with Crippen molar-refractivity contribution in [3.05, 3.63) is 0 Å². The molecule has 0 nitrogen and oxygen atoms in total. The Labute approximate surface area is 118 Å². The van der Waals surface area contributed by atoms with E-state index in [4.69, 9.17) is 35.6 Å². The molecule has 8 heteroatoms. The van der Waals surface area contributed by atoms with Gasteiger partial charge in [-0.1, -0.05) is 7.96 Å². The fourth-order valence-electron chi connectivity index (χ4n) is 0. The minimum atomic E-state index is 0. The molecule has 7 atom stereocenters. The van der Waals surface area contributed by atoms with Gasteiger partial charge in [-0.2, -0.15) is 29.7 Å². The number of rotatable bonds is 0. The van der Waals surface area contributed by atoms with E-state index >= 15 is 0 Å². The van der Waals surface area contributed by atoms with Gasteiger partial charge in [0.05, 0.1) is 0 Å². The van der Waals surface area contributed by atoms with Crippen molar-refractivity contribution in [3.8, 4) is 0 Å². The van der Waals surface area contributed by atoms with Crippen LogP contribution >= 0.6 is 73.4 Å². The summed E-state index contributed by atoms with van der Waals surface area (Å²) in [5, 5.41) is 0. The predicted octanol–water partition coefficient (Wildman–Crippen LogP) is 6.25. The lowest BCUT2D eigenvalue weighted by Gasteiger charge is -1.51. The molecule has 0 amide bonds. The lowest BCUT2D eigenvalue weighted by molar-refractivity contribution is 5.51. The maximum Gasteiger partial charge on any atom is 0 e. The first-order valence-electron chi connectivity index (χ1n) is 12.9. The summed E-state index contributed by atoms with van der Waals surface area (Å²) in [6.07, 6.45) is 0. The summed E-state index contributed by atoms with van der Waals surface area (Å²) >= 11 is 0. The number of hydrogen-bond acceptors (Lipinski definition) is 0. The normalized spacial score (nSPS) is 15.0. The molecule has 7 unspecified atom stereocenters. The van der Waals surface area contributed by atoms with E-state index in [2.05, 4.69) is 35.7 Å². The lowest BCUT2D eigenvalue weighted by Crippen LogP contribution is -0.553. The van der Waals surface area contributed by atoms with Crippen LogP contribution in [0.5, 0.6) is 0 Å². The second-order valence-corrected chi connectivity index (χ2v) is 4.50. The van der Waals surface area contributed by atoms with Gasteiger partial charge < -0.3 is 0 Å². The monoisotopic (exact) mass is 329 g/mol. The standard InChI is InChI=1S/H5P3.H4P2.3H3P.17H2/c1-3-2;1-2;;;;;;;;;;;;;;;;;;;;/h3H,1-2H2;1-2H2;3*1H3;17*1H/i;;;;;12*1+1D;5*1+1. The fraction of sp³-hybridized carbons (Fsp3) is 0. The third kappa shape index (κ3) is 56.8. The molecule has 0 aliphatic rings. The zero-order chi connectivity index (χ0) is 28.7. The molecule has 92 valence electrons. The van der Waals surface area contributed by atoms with Crippen molar-refractivity contribution >= 4 is 73.4 Å². The molecule has 0 aromatic carbocycles. The van der Waals surface area contributed by atoms with Gasteiger partial charge in [0, 0.05) is 42.8 Å². The SMILES string of the molecule is P.P.P.PP.PPP.[2HH].[2HH].[2HH].[2HH].[2HH].[2H][2H].[2H][2H].[2H][2H].[2H][2H].[2H][2H].[2H][2H].[2H][2H].[2H][2H].[2H][2H].[2H][2H].[2H][2H].[2H][2H]. The van der Waals surface area contributed by atoms with Crippen LogP contribution in [-0.4, -0.2) is 0 Å². The Morgan fingerprint density at radius 2 is 1.00 bits per heavy atom. The highest BCUT2D eigenvalue weighted by Crippen LogP contribution is 2.28. The molecular formula is H52P8. The van der Waals surface area contributed by atoms with Gasteiger partial charge in [0.1, 0.15) is 0 Å². The van der Waals surface area contributed by atoms with Gasteiger partial charge in [0.15, 0.2) is 0 Å². The van der Waals surface area contributed by atoms with Crippen molar-refractivity contribution in [3.63, 3.8) is 0 Å². The van der Waals surface area contributed by atoms with Crippen molar-refractivity contribution in [2.75, 3.05) is 0 Å². The topological polar surface area (TPSA) is 0 Å². The van der Waals surface area contributed by atoms with E-state index in [1.807, 2.05) is 0 Å². The van der Waals surface area contributed by atoms with E-state index in [0.29, 0.717) is 0 Å². The Morgan fingerprint density at radius 3 is 1.00 bits per heavy atom. The van der Waals surface area contributed by atoms with Crippen molar-refractivity contribution in [2.45, 2.75) is 0 Å². The highest BCUT2D eigenvalue weighted by atomic mass is 32.4. The van der Waals surface area contributed by atoms with Gasteiger partial charge in [-0.05, 0) is 0 Å². The van der Waals surface area contributed by atoms with Crippen LogP contribution in [0.3, 0.4) is 0 Å². The molecule has 8 heavy (non-hydrogen) atoms. The van der Waals surface area contributed by atoms with Crippen LogP contribution in [0.15, 0.2) is 0 Å². The van der Waals surface area contributed by atoms with Crippen LogP contribution in [0.4, 0.5) is 0 Å². The van der Waals surface area contributed by atoms with E-state index in [1.165, 1.54) is 0 Å². The molecule has 0 heterocycles. The second-order valence-electron chi connectivity index (χ2n) is 0.167. The summed E-state index contributed by atoms with van der Waals surface area (Å²) in [4.78, 5) is 0. The Kier molecular flexibility index (Phi) is 21.6. The fourth-order valence-corrected chi connectivity index (χ4v) is 0. The largest absolute Gasteiger partial charge is 0.153 e. The Bertz CT molecular complexity index is 27.9. The highest BCUT2D eigenvalue weighted by molar-refractivity contribution is 8.33. The summed E-state index contributed by atoms with van der Waals surface area (Å²) in [7, 11) is 10.7. The van der Waals surface area contributed by atoms with E-state index < -0.39 is 0 Å². The van der Waals surface area contributed by atoms with Crippen molar-refractivity contribution in [1.82, 2.24) is 0 Å². The predicted molar refractivity (Wildman–Crippen MR) is 116 cm³/mol. The maximum atomic E-state index is 5.00. The zero-order valence-electron chi connectivity index (χ0n) is 28.9. The third-order valence-electron chi connectivity index (χ3n) is 0. The molecule has 0 fully saturated rings. The van der Waals surface area contributed by atoms with Crippen LogP contribution < -0.4 is 0 Å². The summed E-state index contributed by atoms with van der Waals surface area (Å²) < 4.78 is 120. The van der Waals surface area contributed by atoms with Crippen LogP contribution in [0.25, 0.3) is 0 Å². The Hall–Kier alpha value is 3.44. The van der Waals surface area contributed by atoms with Crippen LogP contribution in [-0.2, 0) is 0 Å². The molecule has 0 aliphatic heterocycles. The molecule has 0 N–H and O–H groups in total. The zero-order valence-corrected chi connectivity index (χ0v) is 14.8. The van der Waals surface area contributed by atoms with Crippen LogP contribution in [0.1, 0.15) is 42.8 Å². The molecule has 0 radical (unpaired) electrons. The Morgan fingerprint density at radius 1 is 1.00 bits per heavy atom. The summed E-state index contributed by atoms with van der Waals surface area (Å²) in [6.45, 7) is 0. The van der Waals surface area contributed by atoms with Gasteiger partial charge >= 0.3 is 0 Å². The molecule has 0 saturated carbocycles. The maximum absolute atomic E-state index is 5.00.